The molecule has 1 saturated carbocycles. The third-order valence-corrected chi connectivity index (χ3v) is 3.07. The fourth-order valence-electron chi connectivity index (χ4n) is 2.26. The maximum absolute atomic E-state index is 5.23. The van der Waals surface area contributed by atoms with Gasteiger partial charge in [-0.1, -0.05) is 0 Å². The van der Waals surface area contributed by atoms with Crippen molar-refractivity contribution in [2.45, 2.75) is 31.6 Å². The van der Waals surface area contributed by atoms with Gasteiger partial charge in [0.2, 0.25) is 12.3 Å². The molecule has 1 aromatic heterocycles. The molecule has 0 radical (unpaired) electrons. The lowest BCUT2D eigenvalue weighted by atomic mass is 9.82. The average Bonchev–Trinajstić information content (AvgIpc) is 2.72. The van der Waals surface area contributed by atoms with Gasteiger partial charge in [0.1, 0.15) is 0 Å². The Morgan fingerprint density at radius 1 is 1.43 bits per heavy atom. The second-order valence-electron chi connectivity index (χ2n) is 4.05. The van der Waals surface area contributed by atoms with Crippen molar-refractivity contribution in [3.05, 3.63) is 12.3 Å². The van der Waals surface area contributed by atoms with Crippen LogP contribution in [0.15, 0.2) is 10.8 Å². The van der Waals surface area contributed by atoms with Gasteiger partial charge in [0.05, 0.1) is 0 Å². The summed E-state index contributed by atoms with van der Waals surface area (Å²) < 4.78 is 5.23. The first kappa shape index (κ1) is 9.65. The Balaban J connectivity index is 1.84. The van der Waals surface area contributed by atoms with Gasteiger partial charge in [-0.3, -0.25) is 0 Å². The van der Waals surface area contributed by atoms with Crippen LogP contribution in [0.4, 0.5) is 0 Å². The predicted molar refractivity (Wildman–Crippen MR) is 52.9 cm³/mol. The van der Waals surface area contributed by atoms with E-state index in [9.17, 15) is 0 Å². The van der Waals surface area contributed by atoms with Gasteiger partial charge in [-0.15, -0.1) is 10.2 Å². The normalized spacial score (nSPS) is 27.8. The maximum atomic E-state index is 5.23. The van der Waals surface area contributed by atoms with E-state index >= 15 is 0 Å². The van der Waals surface area contributed by atoms with Crippen LogP contribution in [0.1, 0.15) is 37.5 Å². The fourth-order valence-corrected chi connectivity index (χ4v) is 2.26. The molecule has 4 nitrogen and oxygen atoms in total. The molecule has 2 rings (SSSR count). The summed E-state index contributed by atoms with van der Waals surface area (Å²) in [5.74, 6) is 2.16. The number of hydrogen-bond donors (Lipinski definition) is 1. The van der Waals surface area contributed by atoms with E-state index in [1.807, 2.05) is 7.05 Å². The standard InChI is InChI=1S/C10H17N3O/c1-11-6-8-2-4-9(5-3-8)10-13-12-7-14-10/h7-9,11H,2-6H2,1H3/t8-,9-. The van der Waals surface area contributed by atoms with Crippen molar-refractivity contribution < 1.29 is 4.42 Å². The zero-order chi connectivity index (χ0) is 9.80. The molecule has 0 bridgehead atoms. The van der Waals surface area contributed by atoms with E-state index in [0.29, 0.717) is 5.92 Å². The zero-order valence-corrected chi connectivity index (χ0v) is 8.57. The zero-order valence-electron chi connectivity index (χ0n) is 8.57. The summed E-state index contributed by atoms with van der Waals surface area (Å²) in [5.41, 5.74) is 0. The smallest absolute Gasteiger partial charge is 0.219 e. The van der Waals surface area contributed by atoms with Crippen LogP contribution >= 0.6 is 0 Å². The number of rotatable bonds is 3. The highest BCUT2D eigenvalue weighted by Gasteiger charge is 2.24. The second kappa shape index (κ2) is 4.55. The Morgan fingerprint density at radius 3 is 2.79 bits per heavy atom. The molecule has 1 heterocycles. The van der Waals surface area contributed by atoms with Gasteiger partial charge in [-0.25, -0.2) is 0 Å². The SMILES string of the molecule is CNC[C@H]1CC[C@H](c2nnco2)CC1. The van der Waals surface area contributed by atoms with Crippen molar-refractivity contribution in [1.82, 2.24) is 15.5 Å². The summed E-state index contributed by atoms with van der Waals surface area (Å²) in [6, 6.07) is 0. The van der Waals surface area contributed by atoms with Crippen LogP contribution in [0, 0.1) is 5.92 Å². The first-order valence-electron chi connectivity index (χ1n) is 5.31. The molecule has 14 heavy (non-hydrogen) atoms. The molecule has 1 aliphatic carbocycles. The Kier molecular flexibility index (Phi) is 3.14. The molecule has 0 spiro atoms. The summed E-state index contributed by atoms with van der Waals surface area (Å²) in [6.45, 7) is 1.14. The van der Waals surface area contributed by atoms with Crippen LogP contribution in [-0.2, 0) is 0 Å². The number of nitrogens with one attached hydrogen (secondary N) is 1. The van der Waals surface area contributed by atoms with Crippen LogP contribution in [0.2, 0.25) is 0 Å². The first-order valence-corrected chi connectivity index (χ1v) is 5.31. The lowest BCUT2D eigenvalue weighted by molar-refractivity contribution is 0.289. The van der Waals surface area contributed by atoms with Crippen molar-refractivity contribution in [2.24, 2.45) is 5.92 Å². The summed E-state index contributed by atoms with van der Waals surface area (Å²) >= 11 is 0. The molecule has 1 aliphatic rings. The minimum atomic E-state index is 0.505. The second-order valence-corrected chi connectivity index (χ2v) is 4.05. The third kappa shape index (κ3) is 2.12. The van der Waals surface area contributed by atoms with Crippen LogP contribution in [0.3, 0.4) is 0 Å². The number of hydrogen-bond acceptors (Lipinski definition) is 4. The lowest BCUT2D eigenvalue weighted by Gasteiger charge is -2.26. The predicted octanol–water partition coefficient (Wildman–Crippen LogP) is 1.56. The van der Waals surface area contributed by atoms with Crippen LogP contribution < -0.4 is 5.32 Å². The van der Waals surface area contributed by atoms with E-state index in [1.165, 1.54) is 32.1 Å². The minimum absolute atomic E-state index is 0.505. The Morgan fingerprint density at radius 2 is 2.21 bits per heavy atom. The van der Waals surface area contributed by atoms with E-state index in [2.05, 4.69) is 15.5 Å². The highest BCUT2D eigenvalue weighted by atomic mass is 16.4. The van der Waals surface area contributed by atoms with Gasteiger partial charge in [0.25, 0.3) is 0 Å². The molecule has 0 atom stereocenters. The van der Waals surface area contributed by atoms with Crippen LogP contribution in [0.5, 0.6) is 0 Å². The Labute approximate surface area is 84.1 Å². The lowest BCUT2D eigenvalue weighted by Crippen LogP contribution is -2.23. The summed E-state index contributed by atoms with van der Waals surface area (Å²) in [7, 11) is 2.02. The third-order valence-electron chi connectivity index (χ3n) is 3.07. The van der Waals surface area contributed by atoms with E-state index in [4.69, 9.17) is 4.42 Å². The van der Waals surface area contributed by atoms with Crippen molar-refractivity contribution in [3.8, 4) is 0 Å². The van der Waals surface area contributed by atoms with Crippen molar-refractivity contribution >= 4 is 0 Å². The molecule has 0 amide bonds. The molecule has 0 aromatic carbocycles. The summed E-state index contributed by atoms with van der Waals surface area (Å²) in [6.07, 6.45) is 6.35. The molecule has 1 N–H and O–H groups in total. The van der Waals surface area contributed by atoms with Gasteiger partial charge in [0, 0.05) is 5.92 Å². The van der Waals surface area contributed by atoms with E-state index in [0.717, 1.165) is 18.4 Å². The molecule has 78 valence electrons. The number of nitrogens with zero attached hydrogens (tertiary/aromatic N) is 2. The molecule has 0 saturated heterocycles. The highest BCUT2D eigenvalue weighted by molar-refractivity contribution is 4.91. The first-order chi connectivity index (χ1) is 6.90. The monoisotopic (exact) mass is 195 g/mol. The van der Waals surface area contributed by atoms with Gasteiger partial charge in [-0.2, -0.15) is 0 Å². The van der Waals surface area contributed by atoms with Gasteiger partial charge < -0.3 is 9.73 Å². The van der Waals surface area contributed by atoms with Crippen LogP contribution in [-0.4, -0.2) is 23.8 Å². The fraction of sp³-hybridized carbons (Fsp3) is 0.800. The van der Waals surface area contributed by atoms with Crippen molar-refractivity contribution in [1.29, 1.82) is 0 Å². The summed E-state index contributed by atoms with van der Waals surface area (Å²) in [4.78, 5) is 0. The molecule has 0 aliphatic heterocycles. The average molecular weight is 195 g/mol. The molecule has 1 aromatic rings. The largest absolute Gasteiger partial charge is 0.428 e. The molecular formula is C10H17N3O. The minimum Gasteiger partial charge on any atom is -0.428 e. The Bertz CT molecular complexity index is 252. The topological polar surface area (TPSA) is 51.0 Å². The van der Waals surface area contributed by atoms with Gasteiger partial charge in [-0.05, 0) is 45.2 Å². The van der Waals surface area contributed by atoms with Gasteiger partial charge in [0.15, 0.2) is 0 Å². The molecule has 4 heteroatoms. The van der Waals surface area contributed by atoms with E-state index < -0.39 is 0 Å². The van der Waals surface area contributed by atoms with Crippen molar-refractivity contribution in [2.75, 3.05) is 13.6 Å². The quantitative estimate of drug-likeness (QED) is 0.795. The maximum Gasteiger partial charge on any atom is 0.219 e. The van der Waals surface area contributed by atoms with Crippen molar-refractivity contribution in [3.63, 3.8) is 0 Å². The molecule has 0 unspecified atom stereocenters. The van der Waals surface area contributed by atoms with Crippen LogP contribution in [0.25, 0.3) is 0 Å². The number of aromatic nitrogens is 2. The van der Waals surface area contributed by atoms with Gasteiger partial charge >= 0.3 is 0 Å². The highest BCUT2D eigenvalue weighted by Crippen LogP contribution is 2.34. The summed E-state index contributed by atoms with van der Waals surface area (Å²) in [5, 5.41) is 10.9. The Hall–Kier alpha value is -0.900. The van der Waals surface area contributed by atoms with E-state index in [1.54, 1.807) is 0 Å². The van der Waals surface area contributed by atoms with E-state index in [-0.39, 0.29) is 0 Å². The molecular weight excluding hydrogens is 178 g/mol. The molecule has 1 fully saturated rings.